The normalized spacial score (nSPS) is 19.3. The lowest BCUT2D eigenvalue weighted by molar-refractivity contribution is 0.0522. The summed E-state index contributed by atoms with van der Waals surface area (Å²) in [5.74, 6) is 0.448. The lowest BCUT2D eigenvalue weighted by Gasteiger charge is -2.37. The summed E-state index contributed by atoms with van der Waals surface area (Å²) in [4.78, 5) is 21.8. The van der Waals surface area contributed by atoms with Crippen LogP contribution in [0.1, 0.15) is 54.5 Å². The second kappa shape index (κ2) is 8.46. The van der Waals surface area contributed by atoms with Gasteiger partial charge >= 0.3 is 0 Å². The van der Waals surface area contributed by atoms with Gasteiger partial charge in [0.15, 0.2) is 5.82 Å². The van der Waals surface area contributed by atoms with Gasteiger partial charge in [-0.3, -0.25) is 4.79 Å². The summed E-state index contributed by atoms with van der Waals surface area (Å²) < 4.78 is 5.50. The fraction of sp³-hybridized carbons (Fsp3) is 0.500. The van der Waals surface area contributed by atoms with Gasteiger partial charge in [-0.2, -0.15) is 5.26 Å². The predicted molar refractivity (Wildman–Crippen MR) is 114 cm³/mol. The van der Waals surface area contributed by atoms with E-state index < -0.39 is 5.54 Å². The molecule has 158 valence electrons. The molecule has 0 spiro atoms. The molecule has 1 aromatic heterocycles. The number of imidazole rings is 1. The molecular formula is C22H28N6O2. The van der Waals surface area contributed by atoms with Gasteiger partial charge in [0.25, 0.3) is 5.91 Å². The van der Waals surface area contributed by atoms with Crippen molar-refractivity contribution in [3.63, 3.8) is 0 Å². The third kappa shape index (κ3) is 4.18. The highest BCUT2D eigenvalue weighted by molar-refractivity contribution is 6.03. The van der Waals surface area contributed by atoms with Crippen LogP contribution in [0, 0.1) is 17.2 Å². The minimum atomic E-state index is -0.415. The molecule has 1 aromatic carbocycles. The highest BCUT2D eigenvalue weighted by Gasteiger charge is 2.31. The van der Waals surface area contributed by atoms with E-state index >= 15 is 0 Å². The van der Waals surface area contributed by atoms with Crippen LogP contribution in [0.3, 0.4) is 0 Å². The number of nitriles is 1. The molecule has 2 saturated heterocycles. The number of amides is 1. The van der Waals surface area contributed by atoms with Crippen molar-refractivity contribution in [2.75, 3.05) is 36.5 Å². The van der Waals surface area contributed by atoms with Crippen LogP contribution in [0.2, 0.25) is 0 Å². The molecule has 0 unspecified atom stereocenters. The summed E-state index contributed by atoms with van der Waals surface area (Å²) >= 11 is 0. The molecule has 4 N–H and O–H groups in total. The van der Waals surface area contributed by atoms with E-state index in [0.717, 1.165) is 55.7 Å². The Hall–Kier alpha value is -2.89. The average molecular weight is 409 g/mol. The highest BCUT2D eigenvalue weighted by atomic mass is 16.5. The fourth-order valence-electron chi connectivity index (χ4n) is 4.16. The monoisotopic (exact) mass is 408 g/mol. The number of aromatic nitrogens is 2. The van der Waals surface area contributed by atoms with E-state index in [9.17, 15) is 4.79 Å². The average Bonchev–Trinajstić information content (AvgIpc) is 3.25. The second-order valence-corrected chi connectivity index (χ2v) is 8.38. The van der Waals surface area contributed by atoms with Gasteiger partial charge in [-0.15, -0.1) is 0 Å². The van der Waals surface area contributed by atoms with E-state index in [4.69, 9.17) is 15.7 Å². The molecule has 4 rings (SSSR count). The first-order valence-electron chi connectivity index (χ1n) is 10.5. The molecule has 30 heavy (non-hydrogen) atoms. The lowest BCUT2D eigenvalue weighted by Crippen LogP contribution is -2.42. The minimum absolute atomic E-state index is 0.119. The van der Waals surface area contributed by atoms with Crippen molar-refractivity contribution >= 4 is 17.3 Å². The number of benzene rings is 1. The van der Waals surface area contributed by atoms with E-state index in [1.807, 2.05) is 18.2 Å². The van der Waals surface area contributed by atoms with Crippen molar-refractivity contribution in [3.8, 4) is 6.07 Å². The molecule has 0 bridgehead atoms. The number of ether oxygens (including phenoxy) is 1. The second-order valence-electron chi connectivity index (χ2n) is 8.38. The van der Waals surface area contributed by atoms with Crippen LogP contribution in [0.15, 0.2) is 24.4 Å². The Morgan fingerprint density at radius 1 is 1.37 bits per heavy atom. The third-order valence-electron chi connectivity index (χ3n) is 6.24. The molecule has 8 heteroatoms. The molecule has 2 fully saturated rings. The number of rotatable bonds is 4. The number of nitrogens with one attached hydrogen (secondary N) is 2. The van der Waals surface area contributed by atoms with Crippen molar-refractivity contribution in [2.24, 2.45) is 11.7 Å². The van der Waals surface area contributed by atoms with Crippen molar-refractivity contribution in [2.45, 2.75) is 38.1 Å². The number of carbonyl (C=O) groups excluding carboxylic acids is 1. The van der Waals surface area contributed by atoms with Crippen LogP contribution in [-0.4, -0.2) is 42.2 Å². The summed E-state index contributed by atoms with van der Waals surface area (Å²) in [7, 11) is 0. The molecule has 2 aromatic rings. The van der Waals surface area contributed by atoms with Gasteiger partial charge in [0.05, 0.1) is 17.6 Å². The van der Waals surface area contributed by atoms with E-state index in [1.165, 1.54) is 6.20 Å². The van der Waals surface area contributed by atoms with E-state index in [2.05, 4.69) is 33.2 Å². The Balaban J connectivity index is 1.64. The summed E-state index contributed by atoms with van der Waals surface area (Å²) in [6.07, 6.45) is 5.14. The molecule has 1 amide bonds. The van der Waals surface area contributed by atoms with Crippen LogP contribution in [-0.2, 0) is 10.3 Å². The van der Waals surface area contributed by atoms with Gasteiger partial charge in [0.2, 0.25) is 0 Å². The number of H-pyrrole nitrogens is 1. The molecule has 3 heterocycles. The van der Waals surface area contributed by atoms with Crippen molar-refractivity contribution in [1.29, 1.82) is 5.26 Å². The van der Waals surface area contributed by atoms with Gasteiger partial charge in [0, 0.05) is 31.8 Å². The first kappa shape index (κ1) is 20.4. The predicted octanol–water partition coefficient (Wildman–Crippen LogP) is 2.73. The molecule has 8 nitrogen and oxygen atoms in total. The maximum atomic E-state index is 12.7. The molecule has 2 aliphatic rings. The number of hydrogen-bond acceptors (Lipinski definition) is 6. The van der Waals surface area contributed by atoms with Crippen molar-refractivity contribution in [3.05, 3.63) is 41.5 Å². The Bertz CT molecular complexity index is 949. The Labute approximate surface area is 176 Å². The SMILES string of the molecule is CC1CCN(c2cc(C3(N)CCOCC3)ccc2NC(=O)c2ncc(C#N)[nH]2)CC1. The smallest absolute Gasteiger partial charge is 0.291 e. The van der Waals surface area contributed by atoms with E-state index in [-0.39, 0.29) is 17.4 Å². The lowest BCUT2D eigenvalue weighted by atomic mass is 9.83. The standard InChI is InChI=1S/C22H28N6O2/c1-15-4-8-28(9-5-15)19-12-16(22(24)6-10-30-11-7-22)2-3-18(19)27-21(29)20-25-14-17(13-23)26-20/h2-3,12,14-15H,4-11,24H2,1H3,(H,25,26)(H,27,29). The molecule has 0 radical (unpaired) electrons. The quantitative estimate of drug-likeness (QED) is 0.715. The highest BCUT2D eigenvalue weighted by Crippen LogP contribution is 2.37. The zero-order valence-electron chi connectivity index (χ0n) is 17.3. The number of carbonyl (C=O) groups is 1. The number of aromatic amines is 1. The Kier molecular flexibility index (Phi) is 5.75. The Morgan fingerprint density at radius 3 is 2.77 bits per heavy atom. The number of anilines is 2. The maximum absolute atomic E-state index is 12.7. The number of piperidine rings is 1. The molecule has 0 saturated carbocycles. The summed E-state index contributed by atoms with van der Waals surface area (Å²) in [5, 5.41) is 11.9. The first-order chi connectivity index (χ1) is 14.5. The third-order valence-corrected chi connectivity index (χ3v) is 6.24. The van der Waals surface area contributed by atoms with Gasteiger partial charge in [0.1, 0.15) is 11.8 Å². The van der Waals surface area contributed by atoms with Crippen LogP contribution in [0.4, 0.5) is 11.4 Å². The zero-order valence-corrected chi connectivity index (χ0v) is 17.3. The summed E-state index contributed by atoms with van der Waals surface area (Å²) in [5.41, 5.74) is 9.35. The summed E-state index contributed by atoms with van der Waals surface area (Å²) in [6.45, 7) is 5.47. The molecule has 2 aliphatic heterocycles. The number of nitrogens with zero attached hydrogens (tertiary/aromatic N) is 3. The van der Waals surface area contributed by atoms with Gasteiger partial charge < -0.3 is 25.7 Å². The van der Waals surface area contributed by atoms with Crippen LogP contribution >= 0.6 is 0 Å². The van der Waals surface area contributed by atoms with Crippen LogP contribution in [0.5, 0.6) is 0 Å². The van der Waals surface area contributed by atoms with Crippen molar-refractivity contribution < 1.29 is 9.53 Å². The van der Waals surface area contributed by atoms with E-state index in [1.54, 1.807) is 0 Å². The molecule has 0 aliphatic carbocycles. The van der Waals surface area contributed by atoms with Gasteiger partial charge in [-0.1, -0.05) is 13.0 Å². The largest absolute Gasteiger partial charge is 0.381 e. The molecular weight excluding hydrogens is 380 g/mol. The van der Waals surface area contributed by atoms with Gasteiger partial charge in [-0.05, 0) is 49.3 Å². The topological polar surface area (TPSA) is 120 Å². The molecule has 0 atom stereocenters. The number of hydrogen-bond donors (Lipinski definition) is 3. The van der Waals surface area contributed by atoms with Crippen LogP contribution < -0.4 is 16.0 Å². The fourth-order valence-corrected chi connectivity index (χ4v) is 4.16. The number of nitrogens with two attached hydrogens (primary N) is 1. The zero-order chi connectivity index (χ0) is 21.1. The van der Waals surface area contributed by atoms with Crippen molar-refractivity contribution in [1.82, 2.24) is 9.97 Å². The maximum Gasteiger partial charge on any atom is 0.291 e. The van der Waals surface area contributed by atoms with E-state index in [0.29, 0.717) is 19.1 Å². The van der Waals surface area contributed by atoms with Gasteiger partial charge in [-0.25, -0.2) is 4.98 Å². The van der Waals surface area contributed by atoms with Crippen LogP contribution in [0.25, 0.3) is 0 Å². The first-order valence-corrected chi connectivity index (χ1v) is 10.5. The summed E-state index contributed by atoms with van der Waals surface area (Å²) in [6, 6.07) is 8.00. The Morgan fingerprint density at radius 2 is 2.10 bits per heavy atom. The minimum Gasteiger partial charge on any atom is -0.381 e.